The smallest absolute Gasteiger partial charge is 0.191 e. The van der Waals surface area contributed by atoms with Gasteiger partial charge in [0.1, 0.15) is 0 Å². The third-order valence-corrected chi connectivity index (χ3v) is 1.95. The van der Waals surface area contributed by atoms with Crippen LogP contribution in [0.5, 0.6) is 0 Å². The third kappa shape index (κ3) is 8.48. The molecule has 0 aromatic carbocycles. The van der Waals surface area contributed by atoms with Gasteiger partial charge in [-0.15, -0.1) is 0 Å². The van der Waals surface area contributed by atoms with Gasteiger partial charge in [0, 0.05) is 6.61 Å². The highest BCUT2D eigenvalue weighted by Gasteiger charge is 2.17. The van der Waals surface area contributed by atoms with E-state index in [1.54, 1.807) is 20.8 Å². The van der Waals surface area contributed by atoms with Gasteiger partial charge >= 0.3 is 0 Å². The zero-order valence-corrected chi connectivity index (χ0v) is 11.2. The lowest BCUT2D eigenvalue weighted by Crippen LogP contribution is -2.30. The lowest BCUT2D eigenvalue weighted by Gasteiger charge is -2.25. The lowest BCUT2D eigenvalue weighted by molar-refractivity contribution is -0.381. The fraction of sp³-hybridized carbons (Fsp3) is 1.00. The predicted octanol–water partition coefficient (Wildman–Crippen LogP) is 2.34. The largest absolute Gasteiger partial charge is 0.353 e. The molecule has 17 heavy (non-hydrogen) atoms. The Hall–Kier alpha value is -0.240. The Bertz CT molecular complexity index is 177. The van der Waals surface area contributed by atoms with Crippen molar-refractivity contribution < 1.29 is 29.1 Å². The average molecular weight is 252 g/mol. The zero-order chi connectivity index (χ0) is 13.3. The molecule has 0 bridgehead atoms. The molecule has 0 heterocycles. The number of rotatable bonds is 10. The first-order chi connectivity index (χ1) is 8.03. The molecule has 4 unspecified atom stereocenters. The molecule has 0 aromatic heterocycles. The normalized spacial score (nSPS) is 18.7. The molecule has 0 radical (unpaired) electrons. The van der Waals surface area contributed by atoms with Gasteiger partial charge < -0.3 is 18.9 Å². The molecule has 4 atom stereocenters. The van der Waals surface area contributed by atoms with E-state index in [2.05, 4.69) is 4.89 Å². The summed E-state index contributed by atoms with van der Waals surface area (Å²) in [6.45, 7) is 9.49. The van der Waals surface area contributed by atoms with E-state index in [1.165, 1.54) is 0 Å². The molecule has 6 heteroatoms. The second-order valence-corrected chi connectivity index (χ2v) is 3.51. The van der Waals surface area contributed by atoms with Crippen molar-refractivity contribution in [3.63, 3.8) is 0 Å². The fourth-order valence-electron chi connectivity index (χ4n) is 1.25. The van der Waals surface area contributed by atoms with Gasteiger partial charge in [0.15, 0.2) is 25.2 Å². The van der Waals surface area contributed by atoms with Crippen LogP contribution >= 0.6 is 0 Å². The van der Waals surface area contributed by atoms with Crippen LogP contribution in [0, 0.1) is 0 Å². The Labute approximate surface area is 103 Å². The number of hydrogen-bond donors (Lipinski definition) is 1. The Morgan fingerprint density at radius 2 is 1.47 bits per heavy atom. The second kappa shape index (κ2) is 9.76. The van der Waals surface area contributed by atoms with Crippen molar-refractivity contribution in [2.75, 3.05) is 6.61 Å². The molecule has 0 amide bonds. The van der Waals surface area contributed by atoms with Crippen molar-refractivity contribution in [3.8, 4) is 0 Å². The summed E-state index contributed by atoms with van der Waals surface area (Å²) in [5, 5.41) is 8.40. The van der Waals surface area contributed by atoms with Crippen LogP contribution in [0.15, 0.2) is 0 Å². The number of hydrogen-bond acceptors (Lipinski definition) is 6. The van der Waals surface area contributed by atoms with E-state index in [1.807, 2.05) is 13.8 Å². The highest BCUT2D eigenvalue weighted by molar-refractivity contribution is 4.44. The molecule has 0 spiro atoms. The predicted molar refractivity (Wildman–Crippen MR) is 61.1 cm³/mol. The summed E-state index contributed by atoms with van der Waals surface area (Å²) in [5.41, 5.74) is 0. The molecular formula is C11H24O6. The minimum Gasteiger partial charge on any atom is -0.353 e. The van der Waals surface area contributed by atoms with Crippen LogP contribution < -0.4 is 0 Å². The molecule has 0 aliphatic rings. The maximum atomic E-state index is 8.40. The molecule has 1 N–H and O–H groups in total. The van der Waals surface area contributed by atoms with Crippen LogP contribution in [0.2, 0.25) is 0 Å². The van der Waals surface area contributed by atoms with Crippen molar-refractivity contribution in [2.45, 2.75) is 66.2 Å². The van der Waals surface area contributed by atoms with E-state index in [4.69, 9.17) is 24.2 Å². The van der Waals surface area contributed by atoms with E-state index in [0.29, 0.717) is 13.0 Å². The maximum Gasteiger partial charge on any atom is 0.191 e. The van der Waals surface area contributed by atoms with Crippen molar-refractivity contribution >= 4 is 0 Å². The van der Waals surface area contributed by atoms with Crippen LogP contribution in [0.1, 0.15) is 41.0 Å². The topological polar surface area (TPSA) is 66.4 Å². The molecule has 0 aromatic rings. The highest BCUT2D eigenvalue weighted by atomic mass is 17.1. The SMILES string of the molecule is CCOC(C)OC(C)OC(CC)OC(C)OO. The van der Waals surface area contributed by atoms with Crippen molar-refractivity contribution in [1.29, 1.82) is 0 Å². The van der Waals surface area contributed by atoms with Gasteiger partial charge in [0.2, 0.25) is 0 Å². The van der Waals surface area contributed by atoms with Crippen molar-refractivity contribution in [3.05, 3.63) is 0 Å². The Kier molecular flexibility index (Phi) is 9.62. The van der Waals surface area contributed by atoms with Crippen LogP contribution in [0.4, 0.5) is 0 Å². The minimum absolute atomic E-state index is 0.334. The summed E-state index contributed by atoms with van der Waals surface area (Å²) in [5.74, 6) is 0. The van der Waals surface area contributed by atoms with E-state index < -0.39 is 18.9 Å². The zero-order valence-electron chi connectivity index (χ0n) is 11.2. The summed E-state index contributed by atoms with van der Waals surface area (Å²) in [6.07, 6.45) is -1.42. The third-order valence-electron chi connectivity index (χ3n) is 1.95. The Balaban J connectivity index is 3.92. The van der Waals surface area contributed by atoms with E-state index >= 15 is 0 Å². The summed E-state index contributed by atoms with van der Waals surface area (Å²) in [7, 11) is 0. The summed E-state index contributed by atoms with van der Waals surface area (Å²) < 4.78 is 21.4. The van der Waals surface area contributed by atoms with Gasteiger partial charge in [-0.2, -0.15) is 0 Å². The van der Waals surface area contributed by atoms with Crippen molar-refractivity contribution in [1.82, 2.24) is 0 Å². The Morgan fingerprint density at radius 3 is 1.94 bits per heavy atom. The molecule has 0 rings (SSSR count). The quantitative estimate of drug-likeness (QED) is 0.366. The molecule has 0 saturated carbocycles. The minimum atomic E-state index is -0.739. The monoisotopic (exact) mass is 252 g/mol. The molecule has 0 aliphatic heterocycles. The van der Waals surface area contributed by atoms with Crippen molar-refractivity contribution in [2.24, 2.45) is 0 Å². The first kappa shape index (κ1) is 16.8. The summed E-state index contributed by atoms with van der Waals surface area (Å²) >= 11 is 0. The first-order valence-corrected chi connectivity index (χ1v) is 5.91. The first-order valence-electron chi connectivity index (χ1n) is 5.91. The molecule has 0 aliphatic carbocycles. The van der Waals surface area contributed by atoms with E-state index in [9.17, 15) is 0 Å². The standard InChI is InChI=1S/C11H24O6/c1-6-11(16-10(5)17-12)15-9(4)14-8(3)13-7-2/h8-12H,6-7H2,1-5H3. The molecule has 0 saturated heterocycles. The lowest BCUT2D eigenvalue weighted by atomic mass is 10.4. The molecular weight excluding hydrogens is 228 g/mol. The summed E-state index contributed by atoms with van der Waals surface area (Å²) in [4.78, 5) is 4.02. The van der Waals surface area contributed by atoms with Crippen LogP contribution in [0.3, 0.4) is 0 Å². The van der Waals surface area contributed by atoms with Gasteiger partial charge in [-0.05, 0) is 34.1 Å². The van der Waals surface area contributed by atoms with Gasteiger partial charge in [0.05, 0.1) is 0 Å². The molecule has 0 fully saturated rings. The molecule has 104 valence electrons. The van der Waals surface area contributed by atoms with E-state index in [-0.39, 0.29) is 6.29 Å². The van der Waals surface area contributed by atoms with Gasteiger partial charge in [-0.3, -0.25) is 0 Å². The van der Waals surface area contributed by atoms with Crippen LogP contribution in [0.25, 0.3) is 0 Å². The van der Waals surface area contributed by atoms with Crippen LogP contribution in [-0.4, -0.2) is 37.0 Å². The molecule has 6 nitrogen and oxygen atoms in total. The fourth-order valence-corrected chi connectivity index (χ4v) is 1.25. The van der Waals surface area contributed by atoms with Crippen LogP contribution in [-0.2, 0) is 23.8 Å². The maximum absolute atomic E-state index is 8.40. The van der Waals surface area contributed by atoms with E-state index in [0.717, 1.165) is 0 Å². The number of ether oxygens (including phenoxy) is 4. The van der Waals surface area contributed by atoms with Gasteiger partial charge in [-0.1, -0.05) is 6.92 Å². The Morgan fingerprint density at radius 1 is 0.882 bits per heavy atom. The summed E-state index contributed by atoms with van der Waals surface area (Å²) in [6, 6.07) is 0. The highest BCUT2D eigenvalue weighted by Crippen LogP contribution is 2.10. The average Bonchev–Trinajstić information content (AvgIpc) is 2.27. The van der Waals surface area contributed by atoms with Gasteiger partial charge in [-0.25, -0.2) is 10.1 Å². The van der Waals surface area contributed by atoms with Gasteiger partial charge in [0.25, 0.3) is 0 Å². The second-order valence-electron chi connectivity index (χ2n) is 3.51.